The second kappa shape index (κ2) is 3.37. The lowest BCUT2D eigenvalue weighted by atomic mass is 9.98. The van der Waals surface area contributed by atoms with Crippen LogP contribution in [0, 0.1) is 0 Å². The van der Waals surface area contributed by atoms with Crippen LogP contribution in [-0.2, 0) is 21.6 Å². The minimum atomic E-state index is -0.764. The van der Waals surface area contributed by atoms with Gasteiger partial charge in [-0.15, -0.1) is 0 Å². The van der Waals surface area contributed by atoms with Crippen molar-refractivity contribution in [2.24, 2.45) is 0 Å². The van der Waals surface area contributed by atoms with E-state index in [9.17, 15) is 4.79 Å². The number of hydrogen-bond acceptors (Lipinski definition) is 2. The number of ether oxygens (including phenoxy) is 1. The van der Waals surface area contributed by atoms with Crippen molar-refractivity contribution < 1.29 is 9.53 Å². The smallest absolute Gasteiger partial charge is 0.156 e. The molecule has 0 aromatic heterocycles. The average Bonchev–Trinajstić information content (AvgIpc) is 2.59. The van der Waals surface area contributed by atoms with Gasteiger partial charge < -0.3 is 4.74 Å². The maximum Gasteiger partial charge on any atom is 0.156 e. The van der Waals surface area contributed by atoms with E-state index < -0.39 is 5.60 Å². The third-order valence-corrected chi connectivity index (χ3v) is 3.23. The molecule has 0 saturated heterocycles. The Labute approximate surface area is 87.8 Å². The number of methoxy groups -OCH3 is 1. The Hall–Kier alpha value is -0.860. The number of fused-ring (bicyclic) bond motifs is 1. The molecule has 1 unspecified atom stereocenters. The van der Waals surface area contributed by atoms with E-state index in [4.69, 9.17) is 16.3 Å². The lowest BCUT2D eigenvalue weighted by Crippen LogP contribution is -2.26. The highest BCUT2D eigenvalue weighted by molar-refractivity contribution is 6.31. The molecule has 14 heavy (non-hydrogen) atoms. The van der Waals surface area contributed by atoms with Gasteiger partial charge in [0.1, 0.15) is 5.60 Å². The van der Waals surface area contributed by atoms with Gasteiger partial charge in [0.25, 0.3) is 0 Å². The molecule has 74 valence electrons. The van der Waals surface area contributed by atoms with Crippen LogP contribution in [0.25, 0.3) is 0 Å². The van der Waals surface area contributed by atoms with Gasteiger partial charge in [-0.1, -0.05) is 23.7 Å². The first kappa shape index (κ1) is 9.69. The van der Waals surface area contributed by atoms with E-state index in [0.29, 0.717) is 6.42 Å². The largest absolute Gasteiger partial charge is 0.366 e. The van der Waals surface area contributed by atoms with Crippen molar-refractivity contribution in [1.82, 2.24) is 0 Å². The molecular formula is C11H11ClO2. The predicted octanol–water partition coefficient (Wildman–Crippen LogP) is 2.33. The first-order chi connectivity index (χ1) is 6.73. The van der Waals surface area contributed by atoms with Crippen molar-refractivity contribution in [3.63, 3.8) is 0 Å². The topological polar surface area (TPSA) is 26.3 Å². The van der Waals surface area contributed by atoms with Gasteiger partial charge in [0.2, 0.25) is 0 Å². The molecule has 0 spiro atoms. The number of aldehydes is 1. The highest BCUT2D eigenvalue weighted by atomic mass is 35.5. The molecule has 0 aliphatic heterocycles. The predicted molar refractivity (Wildman–Crippen MR) is 54.5 cm³/mol. The summed E-state index contributed by atoms with van der Waals surface area (Å²) in [5, 5.41) is 0.725. The maximum atomic E-state index is 11.1. The quantitative estimate of drug-likeness (QED) is 0.701. The van der Waals surface area contributed by atoms with E-state index in [1.54, 1.807) is 7.11 Å². The third-order valence-electron chi connectivity index (χ3n) is 2.88. The lowest BCUT2D eigenvalue weighted by Gasteiger charge is -2.21. The van der Waals surface area contributed by atoms with Crippen LogP contribution in [0.1, 0.15) is 17.5 Å². The molecule has 1 aromatic carbocycles. The third kappa shape index (κ3) is 1.18. The van der Waals surface area contributed by atoms with E-state index in [1.807, 2.05) is 18.2 Å². The van der Waals surface area contributed by atoms with Gasteiger partial charge in [-0.2, -0.15) is 0 Å². The molecule has 1 aromatic rings. The van der Waals surface area contributed by atoms with E-state index in [2.05, 4.69) is 0 Å². The SMILES string of the molecule is COC1(C=O)CCc2c(Cl)cccc21. The Kier molecular flexibility index (Phi) is 2.33. The van der Waals surface area contributed by atoms with E-state index in [1.165, 1.54) is 0 Å². The van der Waals surface area contributed by atoms with Crippen LogP contribution < -0.4 is 0 Å². The molecule has 0 radical (unpaired) electrons. The van der Waals surface area contributed by atoms with Crippen LogP contribution in [0.2, 0.25) is 5.02 Å². The van der Waals surface area contributed by atoms with Gasteiger partial charge in [-0.05, 0) is 30.0 Å². The van der Waals surface area contributed by atoms with Crippen molar-refractivity contribution in [2.45, 2.75) is 18.4 Å². The summed E-state index contributed by atoms with van der Waals surface area (Å²) in [5.74, 6) is 0. The summed E-state index contributed by atoms with van der Waals surface area (Å²) >= 11 is 6.04. The summed E-state index contributed by atoms with van der Waals surface area (Å²) in [5.41, 5.74) is 1.20. The lowest BCUT2D eigenvalue weighted by molar-refractivity contribution is -0.128. The minimum Gasteiger partial charge on any atom is -0.366 e. The standard InChI is InChI=1S/C11H11ClO2/c1-14-11(7-13)6-5-8-9(11)3-2-4-10(8)12/h2-4,7H,5-6H2,1H3. The summed E-state index contributed by atoms with van der Waals surface area (Å²) in [6, 6.07) is 5.60. The van der Waals surface area contributed by atoms with Crippen LogP contribution in [0.15, 0.2) is 18.2 Å². The van der Waals surface area contributed by atoms with Crippen LogP contribution in [0.3, 0.4) is 0 Å². The zero-order valence-corrected chi connectivity index (χ0v) is 8.67. The number of rotatable bonds is 2. The fourth-order valence-corrected chi connectivity index (χ4v) is 2.31. The number of hydrogen-bond donors (Lipinski definition) is 0. The zero-order valence-electron chi connectivity index (χ0n) is 7.92. The number of carbonyl (C=O) groups is 1. The molecule has 0 bridgehead atoms. The Morgan fingerprint density at radius 3 is 3.00 bits per heavy atom. The van der Waals surface area contributed by atoms with Gasteiger partial charge in [0.05, 0.1) is 0 Å². The Balaban J connectivity index is 2.59. The molecule has 0 heterocycles. The summed E-state index contributed by atoms with van der Waals surface area (Å²) in [6.07, 6.45) is 2.36. The van der Waals surface area contributed by atoms with Crippen LogP contribution in [0.5, 0.6) is 0 Å². The average molecular weight is 211 g/mol. The monoisotopic (exact) mass is 210 g/mol. The second-order valence-electron chi connectivity index (χ2n) is 3.48. The first-order valence-electron chi connectivity index (χ1n) is 4.53. The molecule has 2 nitrogen and oxygen atoms in total. The highest BCUT2D eigenvalue weighted by Crippen LogP contribution is 2.40. The van der Waals surface area contributed by atoms with Gasteiger partial charge in [0, 0.05) is 12.1 Å². The van der Waals surface area contributed by atoms with E-state index in [-0.39, 0.29) is 0 Å². The summed E-state index contributed by atoms with van der Waals surface area (Å²) in [7, 11) is 1.56. The van der Waals surface area contributed by atoms with Crippen LogP contribution in [-0.4, -0.2) is 13.4 Å². The van der Waals surface area contributed by atoms with Gasteiger partial charge >= 0.3 is 0 Å². The second-order valence-corrected chi connectivity index (χ2v) is 3.88. The Morgan fingerprint density at radius 2 is 2.36 bits per heavy atom. The summed E-state index contributed by atoms with van der Waals surface area (Å²) < 4.78 is 5.30. The molecule has 0 saturated carbocycles. The summed E-state index contributed by atoms with van der Waals surface area (Å²) in [6.45, 7) is 0. The molecule has 1 atom stereocenters. The molecule has 3 heteroatoms. The molecule has 0 fully saturated rings. The van der Waals surface area contributed by atoms with Crippen LogP contribution in [0.4, 0.5) is 0 Å². The molecular weight excluding hydrogens is 200 g/mol. The maximum absolute atomic E-state index is 11.1. The van der Waals surface area contributed by atoms with Crippen molar-refractivity contribution >= 4 is 17.9 Å². The Morgan fingerprint density at radius 1 is 1.57 bits per heavy atom. The minimum absolute atomic E-state index is 0.687. The number of halogens is 1. The van der Waals surface area contributed by atoms with Crippen molar-refractivity contribution in [3.05, 3.63) is 34.3 Å². The van der Waals surface area contributed by atoms with Gasteiger partial charge in [-0.25, -0.2) is 0 Å². The fourth-order valence-electron chi connectivity index (χ4n) is 2.04. The van der Waals surface area contributed by atoms with E-state index >= 15 is 0 Å². The van der Waals surface area contributed by atoms with Crippen molar-refractivity contribution in [3.8, 4) is 0 Å². The Bertz CT molecular complexity index is 376. The zero-order chi connectivity index (χ0) is 10.2. The molecule has 1 aliphatic carbocycles. The molecule has 0 amide bonds. The molecule has 0 N–H and O–H groups in total. The van der Waals surface area contributed by atoms with Crippen molar-refractivity contribution in [1.29, 1.82) is 0 Å². The number of benzene rings is 1. The summed E-state index contributed by atoms with van der Waals surface area (Å²) in [4.78, 5) is 11.1. The van der Waals surface area contributed by atoms with Crippen LogP contribution >= 0.6 is 11.6 Å². The first-order valence-corrected chi connectivity index (χ1v) is 4.90. The van der Waals surface area contributed by atoms with Gasteiger partial charge in [0.15, 0.2) is 6.29 Å². The highest BCUT2D eigenvalue weighted by Gasteiger charge is 2.39. The van der Waals surface area contributed by atoms with E-state index in [0.717, 1.165) is 28.9 Å². The number of carbonyl (C=O) groups excluding carboxylic acids is 1. The molecule has 2 rings (SSSR count). The van der Waals surface area contributed by atoms with Gasteiger partial charge in [-0.3, -0.25) is 4.79 Å². The fraction of sp³-hybridized carbons (Fsp3) is 0.364. The normalized spacial score (nSPS) is 24.7. The molecule has 1 aliphatic rings. The van der Waals surface area contributed by atoms with Crippen molar-refractivity contribution in [2.75, 3.05) is 7.11 Å².